The second-order valence-electron chi connectivity index (χ2n) is 9.80. The minimum absolute atomic E-state index is 0.0710. The quantitative estimate of drug-likeness (QED) is 0.169. The van der Waals surface area contributed by atoms with Crippen molar-refractivity contribution in [2.24, 2.45) is 0 Å². The number of phenols is 3. The van der Waals surface area contributed by atoms with Gasteiger partial charge in [-0.05, 0) is 24.3 Å². The number of benzene rings is 2. The molecule has 2 aliphatic rings. The van der Waals surface area contributed by atoms with Gasteiger partial charge in [-0.25, -0.2) is 0 Å². The highest BCUT2D eigenvalue weighted by atomic mass is 16.5. The second-order valence-corrected chi connectivity index (χ2v) is 9.80. The number of phenolic OH excluding ortho intramolecular Hbond substituents is 3. The van der Waals surface area contributed by atoms with E-state index >= 15 is 0 Å². The Morgan fingerprint density at radius 2 is 1.43 bits per heavy atom. The number of fused-ring (bicyclic) bond motifs is 1. The zero-order chi connectivity index (χ0) is 29.0. The van der Waals surface area contributed by atoms with Gasteiger partial charge in [0.15, 0.2) is 11.0 Å². The summed E-state index contributed by atoms with van der Waals surface area (Å²) in [7, 11) is 0. The maximum atomic E-state index is 13.4. The van der Waals surface area contributed by atoms with Gasteiger partial charge < -0.3 is 65.0 Å². The van der Waals surface area contributed by atoms with Crippen molar-refractivity contribution in [3.05, 3.63) is 51.7 Å². The average molecular weight is 564 g/mol. The van der Waals surface area contributed by atoms with E-state index in [9.17, 15) is 55.9 Å². The Bertz CT molecular complexity index is 1450. The number of aliphatic hydroxyl groups excluding tert-OH is 7. The van der Waals surface area contributed by atoms with Gasteiger partial charge in [-0.15, -0.1) is 0 Å². The fraction of sp³-hybridized carbons (Fsp3) is 0.423. The van der Waals surface area contributed by atoms with E-state index < -0.39 is 107 Å². The summed E-state index contributed by atoms with van der Waals surface area (Å²) in [4.78, 5) is 13.4. The highest BCUT2D eigenvalue weighted by Gasteiger charge is 2.48. The number of aromatic hydroxyl groups is 3. The molecule has 40 heavy (non-hydrogen) atoms. The zero-order valence-corrected chi connectivity index (χ0v) is 20.6. The Hall–Kier alpha value is -3.31. The molecular formula is C26H28O14. The van der Waals surface area contributed by atoms with Crippen LogP contribution >= 0.6 is 0 Å². The van der Waals surface area contributed by atoms with Crippen LogP contribution < -0.4 is 5.43 Å². The second kappa shape index (κ2) is 10.6. The largest absolute Gasteiger partial charge is 0.508 e. The number of rotatable bonds is 4. The molecule has 0 radical (unpaired) electrons. The van der Waals surface area contributed by atoms with Crippen LogP contribution in [0.5, 0.6) is 17.2 Å². The van der Waals surface area contributed by atoms with Crippen LogP contribution in [0.2, 0.25) is 0 Å². The van der Waals surface area contributed by atoms with E-state index in [0.717, 1.165) is 6.07 Å². The molecule has 3 heterocycles. The van der Waals surface area contributed by atoms with E-state index in [4.69, 9.17) is 13.9 Å². The van der Waals surface area contributed by atoms with Gasteiger partial charge >= 0.3 is 0 Å². The standard InChI is InChI=1S/C26H28O14/c27-6-13-18(32)21(35)23(37)26(40-13)15-19(33)14-10(29)5-12(8-1-3-9(28)4-2-8)39-24(14)16(20(15)34)25-22(36)17(31)11(30)7-38-25/h1-5,11,13,17-18,21-23,25-28,30-37H,6-7H2/t11-,13+,17-,18+,21-,22+,23+,25+,26?/m0/s1. The van der Waals surface area contributed by atoms with Gasteiger partial charge in [0.25, 0.3) is 0 Å². The van der Waals surface area contributed by atoms with Crippen LogP contribution in [-0.2, 0) is 9.47 Å². The van der Waals surface area contributed by atoms with Crippen molar-refractivity contribution >= 4 is 11.0 Å². The van der Waals surface area contributed by atoms with E-state index in [1.165, 1.54) is 24.3 Å². The lowest BCUT2D eigenvalue weighted by Gasteiger charge is -2.41. The molecule has 2 aromatic carbocycles. The van der Waals surface area contributed by atoms with E-state index in [1.807, 2.05) is 0 Å². The smallest absolute Gasteiger partial charge is 0.197 e. The van der Waals surface area contributed by atoms with Crippen LogP contribution in [0.1, 0.15) is 23.3 Å². The predicted molar refractivity (Wildman–Crippen MR) is 132 cm³/mol. The molecular weight excluding hydrogens is 536 g/mol. The molecule has 1 unspecified atom stereocenters. The summed E-state index contributed by atoms with van der Waals surface area (Å²) in [6, 6.07) is 6.50. The molecule has 0 aliphatic carbocycles. The Morgan fingerprint density at radius 1 is 0.775 bits per heavy atom. The first-order valence-electron chi connectivity index (χ1n) is 12.3. The SMILES string of the molecule is O=c1cc(-c2ccc(O)cc2)oc2c([C@H]3OC[C@H](O)[C@H](O)[C@H]3O)c(O)c(C3O[C@H](CO)[C@@H](O)[C@H](O)[C@H]3O)c(O)c12. The van der Waals surface area contributed by atoms with Gasteiger partial charge in [0, 0.05) is 11.6 Å². The van der Waals surface area contributed by atoms with E-state index in [0.29, 0.717) is 5.56 Å². The van der Waals surface area contributed by atoms with Crippen LogP contribution in [0.25, 0.3) is 22.3 Å². The third-order valence-corrected chi connectivity index (χ3v) is 7.31. The summed E-state index contributed by atoms with van der Waals surface area (Å²) in [6.45, 7) is -1.34. The summed E-state index contributed by atoms with van der Waals surface area (Å²) in [6.07, 6.45) is -15.7. The van der Waals surface area contributed by atoms with Crippen molar-refractivity contribution < 1.29 is 65.0 Å². The van der Waals surface area contributed by atoms with E-state index in [-0.39, 0.29) is 11.5 Å². The molecule has 3 aromatic rings. The molecule has 14 nitrogen and oxygen atoms in total. The first-order chi connectivity index (χ1) is 19.0. The number of aliphatic hydroxyl groups is 7. The fourth-order valence-corrected chi connectivity index (χ4v) is 5.11. The molecule has 10 N–H and O–H groups in total. The molecule has 5 rings (SSSR count). The van der Waals surface area contributed by atoms with Crippen LogP contribution in [0, 0.1) is 0 Å². The maximum Gasteiger partial charge on any atom is 0.197 e. The molecule has 0 bridgehead atoms. The lowest BCUT2D eigenvalue weighted by molar-refractivity contribution is -0.232. The maximum absolute atomic E-state index is 13.4. The number of hydrogen-bond acceptors (Lipinski definition) is 14. The molecule has 2 saturated heterocycles. The first-order valence-corrected chi connectivity index (χ1v) is 12.3. The Balaban J connectivity index is 1.80. The van der Waals surface area contributed by atoms with Gasteiger partial charge in [0.1, 0.15) is 83.3 Å². The summed E-state index contributed by atoms with van der Waals surface area (Å²) in [5.41, 5.74) is -2.15. The number of ether oxygens (including phenoxy) is 2. The Morgan fingerprint density at radius 3 is 2.08 bits per heavy atom. The molecule has 1 aromatic heterocycles. The highest BCUT2D eigenvalue weighted by Crippen LogP contribution is 2.50. The average Bonchev–Trinajstić information content (AvgIpc) is 2.92. The topological polar surface area (TPSA) is 251 Å². The molecule has 0 saturated carbocycles. The minimum atomic E-state index is -1.98. The first kappa shape index (κ1) is 28.2. The van der Waals surface area contributed by atoms with Crippen LogP contribution in [0.4, 0.5) is 0 Å². The normalized spacial score (nSPS) is 32.8. The van der Waals surface area contributed by atoms with Gasteiger partial charge in [-0.2, -0.15) is 0 Å². The number of hydrogen-bond donors (Lipinski definition) is 10. The lowest BCUT2D eigenvalue weighted by atomic mass is 9.85. The van der Waals surface area contributed by atoms with Gasteiger partial charge in [0.2, 0.25) is 0 Å². The van der Waals surface area contributed by atoms with Crippen molar-refractivity contribution in [1.82, 2.24) is 0 Å². The van der Waals surface area contributed by atoms with Crippen molar-refractivity contribution in [2.75, 3.05) is 13.2 Å². The van der Waals surface area contributed by atoms with Crippen molar-refractivity contribution in [2.45, 2.75) is 54.9 Å². The van der Waals surface area contributed by atoms with Gasteiger partial charge in [-0.3, -0.25) is 4.79 Å². The summed E-state index contributed by atoms with van der Waals surface area (Å²) in [5, 5.41) is 104. The monoisotopic (exact) mass is 564 g/mol. The molecule has 2 aliphatic heterocycles. The molecule has 14 heteroatoms. The van der Waals surface area contributed by atoms with Crippen LogP contribution in [-0.4, -0.2) is 107 Å². The van der Waals surface area contributed by atoms with E-state index in [1.54, 1.807) is 0 Å². The third-order valence-electron chi connectivity index (χ3n) is 7.31. The van der Waals surface area contributed by atoms with Gasteiger partial charge in [-0.1, -0.05) is 0 Å². The molecule has 216 valence electrons. The Labute approximate surface area is 224 Å². The van der Waals surface area contributed by atoms with Crippen LogP contribution in [0.3, 0.4) is 0 Å². The fourth-order valence-electron chi connectivity index (χ4n) is 5.11. The lowest BCUT2D eigenvalue weighted by Crippen LogP contribution is -2.55. The van der Waals surface area contributed by atoms with Crippen molar-refractivity contribution in [1.29, 1.82) is 0 Å². The highest BCUT2D eigenvalue weighted by molar-refractivity contribution is 5.92. The summed E-state index contributed by atoms with van der Waals surface area (Å²) >= 11 is 0. The minimum Gasteiger partial charge on any atom is -0.508 e. The van der Waals surface area contributed by atoms with Crippen molar-refractivity contribution in [3.8, 4) is 28.6 Å². The van der Waals surface area contributed by atoms with E-state index in [2.05, 4.69) is 0 Å². The molecule has 9 atom stereocenters. The zero-order valence-electron chi connectivity index (χ0n) is 20.6. The van der Waals surface area contributed by atoms with Gasteiger partial charge in [0.05, 0.1) is 24.3 Å². The van der Waals surface area contributed by atoms with Crippen LogP contribution in [0.15, 0.2) is 39.5 Å². The molecule has 2 fully saturated rings. The predicted octanol–water partition coefficient (Wildman–Crippen LogP) is -1.75. The summed E-state index contributed by atoms with van der Waals surface area (Å²) in [5.74, 6) is -2.01. The third kappa shape index (κ3) is 4.49. The molecule has 0 amide bonds. The Kier molecular flexibility index (Phi) is 7.47. The van der Waals surface area contributed by atoms with Crippen molar-refractivity contribution in [3.63, 3.8) is 0 Å². The molecule has 0 spiro atoms. The summed E-state index contributed by atoms with van der Waals surface area (Å²) < 4.78 is 16.9.